The lowest BCUT2D eigenvalue weighted by Gasteiger charge is -2.28. The largest absolute Gasteiger partial charge is 0.320 e. The smallest absolute Gasteiger partial charge is 0.318 e. The van der Waals surface area contributed by atoms with Crippen molar-refractivity contribution in [1.82, 2.24) is 15.1 Å². The Hall–Kier alpha value is -1.55. The van der Waals surface area contributed by atoms with Gasteiger partial charge < -0.3 is 15.1 Å². The second kappa shape index (κ2) is 4.85. The average Bonchev–Trinajstić information content (AvgIpc) is 2.72. The molecular weight excluding hydrogens is 238 g/mol. The van der Waals surface area contributed by atoms with Crippen molar-refractivity contribution in [3.8, 4) is 0 Å². The highest BCUT2D eigenvalue weighted by Gasteiger charge is 2.38. The van der Waals surface area contributed by atoms with Crippen molar-refractivity contribution in [2.75, 3.05) is 26.2 Å². The number of fused-ring (bicyclic) bond motifs is 1. The summed E-state index contributed by atoms with van der Waals surface area (Å²) in [5.41, 5.74) is 3.84. The first kappa shape index (κ1) is 12.5. The topological polar surface area (TPSA) is 35.6 Å². The predicted molar refractivity (Wildman–Crippen MR) is 75.1 cm³/mol. The van der Waals surface area contributed by atoms with Crippen molar-refractivity contribution >= 4 is 6.03 Å². The molecule has 0 aliphatic carbocycles. The molecule has 19 heavy (non-hydrogen) atoms. The van der Waals surface area contributed by atoms with Gasteiger partial charge in [0.2, 0.25) is 0 Å². The molecule has 102 valence electrons. The number of urea groups is 1. The number of piperazine rings is 1. The number of amides is 2. The molecule has 0 saturated carbocycles. The van der Waals surface area contributed by atoms with Gasteiger partial charge in [0.1, 0.15) is 0 Å². The molecule has 2 saturated heterocycles. The number of nitrogens with one attached hydrogen (secondary N) is 1. The molecule has 0 radical (unpaired) electrons. The molecule has 2 fully saturated rings. The zero-order chi connectivity index (χ0) is 13.4. The molecule has 1 atom stereocenters. The zero-order valence-corrected chi connectivity index (χ0v) is 11.6. The molecule has 2 aliphatic heterocycles. The average molecular weight is 259 g/mol. The fraction of sp³-hybridized carbons (Fsp3) is 0.533. The van der Waals surface area contributed by atoms with E-state index in [0.717, 1.165) is 32.7 Å². The van der Waals surface area contributed by atoms with Gasteiger partial charge in [-0.25, -0.2) is 4.79 Å². The van der Waals surface area contributed by atoms with Crippen LogP contribution < -0.4 is 5.32 Å². The van der Waals surface area contributed by atoms with Gasteiger partial charge >= 0.3 is 6.03 Å². The van der Waals surface area contributed by atoms with Crippen LogP contribution in [-0.2, 0) is 6.54 Å². The van der Waals surface area contributed by atoms with Crippen LogP contribution in [0.4, 0.5) is 4.79 Å². The minimum Gasteiger partial charge on any atom is -0.318 e. The fourth-order valence-electron chi connectivity index (χ4n) is 3.11. The normalized spacial score (nSPS) is 22.8. The maximum atomic E-state index is 12.4. The van der Waals surface area contributed by atoms with Crippen LogP contribution in [0.2, 0.25) is 0 Å². The second-order valence-corrected chi connectivity index (χ2v) is 5.58. The van der Waals surface area contributed by atoms with E-state index in [1.54, 1.807) is 0 Å². The number of carbonyl (C=O) groups excluding carboxylic acids is 1. The fourth-order valence-corrected chi connectivity index (χ4v) is 3.11. The van der Waals surface area contributed by atoms with E-state index in [1.807, 2.05) is 9.80 Å². The Morgan fingerprint density at radius 3 is 2.74 bits per heavy atom. The van der Waals surface area contributed by atoms with Gasteiger partial charge in [-0.3, -0.25) is 0 Å². The van der Waals surface area contributed by atoms with Gasteiger partial charge in [-0.15, -0.1) is 0 Å². The zero-order valence-electron chi connectivity index (χ0n) is 11.6. The summed E-state index contributed by atoms with van der Waals surface area (Å²) in [5, 5.41) is 3.36. The first-order valence-corrected chi connectivity index (χ1v) is 6.98. The Balaban J connectivity index is 1.79. The number of carbonyl (C=O) groups is 1. The van der Waals surface area contributed by atoms with Gasteiger partial charge in [-0.05, 0) is 30.5 Å². The SMILES string of the molecule is Cc1cccc(C)c1CN1CC2CNCCN2C1=O. The number of rotatable bonds is 2. The van der Waals surface area contributed by atoms with Crippen LogP contribution in [0.1, 0.15) is 16.7 Å². The van der Waals surface area contributed by atoms with E-state index in [2.05, 4.69) is 37.4 Å². The maximum Gasteiger partial charge on any atom is 0.320 e. The Bertz CT molecular complexity index is 480. The summed E-state index contributed by atoms with van der Waals surface area (Å²) in [5.74, 6) is 0. The van der Waals surface area contributed by atoms with Gasteiger partial charge in [-0.1, -0.05) is 18.2 Å². The molecule has 0 spiro atoms. The molecule has 0 bridgehead atoms. The molecule has 1 unspecified atom stereocenters. The summed E-state index contributed by atoms with van der Waals surface area (Å²) in [4.78, 5) is 16.4. The number of nitrogens with zero attached hydrogens (tertiary/aromatic N) is 2. The van der Waals surface area contributed by atoms with Gasteiger partial charge in [0, 0.05) is 32.7 Å². The maximum absolute atomic E-state index is 12.4. The Labute approximate surface area is 114 Å². The minimum absolute atomic E-state index is 0.203. The monoisotopic (exact) mass is 259 g/mol. The van der Waals surface area contributed by atoms with Crippen LogP contribution in [0.25, 0.3) is 0 Å². The lowest BCUT2D eigenvalue weighted by Crippen LogP contribution is -2.49. The summed E-state index contributed by atoms with van der Waals surface area (Å²) in [6.45, 7) is 8.51. The van der Waals surface area contributed by atoms with E-state index in [4.69, 9.17) is 0 Å². The van der Waals surface area contributed by atoms with Crippen molar-refractivity contribution in [3.63, 3.8) is 0 Å². The van der Waals surface area contributed by atoms with Crippen molar-refractivity contribution < 1.29 is 4.79 Å². The van der Waals surface area contributed by atoms with Gasteiger partial charge in [0.15, 0.2) is 0 Å². The molecule has 4 nitrogen and oxygen atoms in total. The summed E-state index contributed by atoms with van der Waals surface area (Å²) < 4.78 is 0. The minimum atomic E-state index is 0.203. The third-order valence-electron chi connectivity index (χ3n) is 4.29. The number of benzene rings is 1. The van der Waals surface area contributed by atoms with Crippen molar-refractivity contribution in [1.29, 1.82) is 0 Å². The van der Waals surface area contributed by atoms with Crippen molar-refractivity contribution in [2.24, 2.45) is 0 Å². The van der Waals surface area contributed by atoms with E-state index in [9.17, 15) is 4.79 Å². The van der Waals surface area contributed by atoms with E-state index in [1.165, 1.54) is 16.7 Å². The Kier molecular flexibility index (Phi) is 3.19. The number of hydrogen-bond donors (Lipinski definition) is 1. The molecule has 0 aromatic heterocycles. The standard InChI is InChI=1S/C15H21N3O/c1-11-4-3-5-12(2)14(11)10-17-9-13-8-16-6-7-18(13)15(17)19/h3-5,13,16H,6-10H2,1-2H3. The van der Waals surface area contributed by atoms with Crippen LogP contribution in [-0.4, -0.2) is 48.1 Å². The predicted octanol–water partition coefficient (Wildman–Crippen LogP) is 1.51. The van der Waals surface area contributed by atoms with Crippen molar-refractivity contribution in [2.45, 2.75) is 26.4 Å². The van der Waals surface area contributed by atoms with Gasteiger partial charge in [0.25, 0.3) is 0 Å². The Morgan fingerprint density at radius 2 is 2.05 bits per heavy atom. The highest BCUT2D eigenvalue weighted by molar-refractivity contribution is 5.77. The summed E-state index contributed by atoms with van der Waals surface area (Å²) in [7, 11) is 0. The van der Waals surface area contributed by atoms with Gasteiger partial charge in [0.05, 0.1) is 6.04 Å². The number of hydrogen-bond acceptors (Lipinski definition) is 2. The van der Waals surface area contributed by atoms with E-state index < -0.39 is 0 Å². The highest BCUT2D eigenvalue weighted by Crippen LogP contribution is 2.22. The van der Waals surface area contributed by atoms with Crippen LogP contribution in [0.5, 0.6) is 0 Å². The summed E-state index contributed by atoms with van der Waals surface area (Å²) in [6, 6.07) is 6.88. The van der Waals surface area contributed by atoms with Crippen molar-refractivity contribution in [3.05, 3.63) is 34.9 Å². The van der Waals surface area contributed by atoms with E-state index >= 15 is 0 Å². The molecule has 3 rings (SSSR count). The molecule has 1 N–H and O–H groups in total. The molecule has 2 amide bonds. The lowest BCUT2D eigenvalue weighted by molar-refractivity contribution is 0.178. The van der Waals surface area contributed by atoms with Crippen LogP contribution >= 0.6 is 0 Å². The van der Waals surface area contributed by atoms with Crippen LogP contribution in [0, 0.1) is 13.8 Å². The Morgan fingerprint density at radius 1 is 1.32 bits per heavy atom. The lowest BCUT2D eigenvalue weighted by atomic mass is 10.0. The molecular formula is C15H21N3O. The quantitative estimate of drug-likeness (QED) is 0.874. The van der Waals surface area contributed by atoms with E-state index in [-0.39, 0.29) is 6.03 Å². The molecule has 1 aromatic rings. The second-order valence-electron chi connectivity index (χ2n) is 5.58. The summed E-state index contributed by atoms with van der Waals surface area (Å²) in [6.07, 6.45) is 0. The molecule has 2 heterocycles. The number of aryl methyl sites for hydroxylation is 2. The summed E-state index contributed by atoms with van der Waals surface area (Å²) >= 11 is 0. The first-order chi connectivity index (χ1) is 9.16. The van der Waals surface area contributed by atoms with Crippen LogP contribution in [0.3, 0.4) is 0 Å². The molecule has 1 aromatic carbocycles. The van der Waals surface area contributed by atoms with E-state index in [0.29, 0.717) is 6.04 Å². The molecule has 4 heteroatoms. The van der Waals surface area contributed by atoms with Crippen LogP contribution in [0.15, 0.2) is 18.2 Å². The highest BCUT2D eigenvalue weighted by atomic mass is 16.2. The molecule has 2 aliphatic rings. The third kappa shape index (κ3) is 2.21. The van der Waals surface area contributed by atoms with Gasteiger partial charge in [-0.2, -0.15) is 0 Å². The first-order valence-electron chi connectivity index (χ1n) is 6.98. The third-order valence-corrected chi connectivity index (χ3v) is 4.29.